The van der Waals surface area contributed by atoms with Crippen molar-refractivity contribution in [3.05, 3.63) is 30.2 Å². The number of nitrogens with one attached hydrogen (secondary N) is 3. The van der Waals surface area contributed by atoms with Gasteiger partial charge in [-0.25, -0.2) is 13.1 Å². The maximum absolute atomic E-state index is 12.0. The molecule has 0 atom stereocenters. The van der Waals surface area contributed by atoms with E-state index in [9.17, 15) is 8.42 Å². The normalized spacial score (nSPS) is 11.8. The first-order valence-electron chi connectivity index (χ1n) is 5.68. The molecule has 0 fully saturated rings. The second-order valence-electron chi connectivity index (χ2n) is 3.89. The number of sulfonamides is 1. The minimum Gasteiger partial charge on any atom is -0.363 e. The highest BCUT2D eigenvalue weighted by Crippen LogP contribution is 2.10. The molecule has 0 bridgehead atoms. The van der Waals surface area contributed by atoms with Crippen LogP contribution < -0.4 is 10.0 Å². The first-order chi connectivity index (χ1) is 9.12. The Balaban J connectivity index is 1.93. The first-order valence-corrected chi connectivity index (χ1v) is 7.17. The summed E-state index contributed by atoms with van der Waals surface area (Å²) in [7, 11) is -1.72. The van der Waals surface area contributed by atoms with Gasteiger partial charge in [0, 0.05) is 31.4 Å². The lowest BCUT2D eigenvalue weighted by atomic mass is 10.4. The highest BCUT2D eigenvalue weighted by atomic mass is 32.2. The predicted molar refractivity (Wildman–Crippen MR) is 66.7 cm³/mol. The summed E-state index contributed by atoms with van der Waals surface area (Å²) in [5.41, 5.74) is 0.807. The van der Waals surface area contributed by atoms with Crippen LogP contribution >= 0.6 is 0 Å². The van der Waals surface area contributed by atoms with Crippen LogP contribution in [0.3, 0.4) is 0 Å². The van der Waals surface area contributed by atoms with Gasteiger partial charge in [-0.3, -0.25) is 0 Å². The quantitative estimate of drug-likeness (QED) is 0.640. The standard InChI is InChI=1S/C10H15N5O3S/c1-11-5-8-4-9(6-12-8)19(16,17)14-3-2-10-13-7-18-15-10/h4,6-7,11-12,14H,2-3,5H2,1H3. The molecule has 2 rings (SSSR count). The van der Waals surface area contributed by atoms with Gasteiger partial charge in [-0.05, 0) is 13.1 Å². The summed E-state index contributed by atoms with van der Waals surface area (Å²) < 4.78 is 31.0. The highest BCUT2D eigenvalue weighted by molar-refractivity contribution is 7.89. The van der Waals surface area contributed by atoms with E-state index in [1.165, 1.54) is 12.6 Å². The van der Waals surface area contributed by atoms with Crippen LogP contribution in [-0.4, -0.2) is 37.1 Å². The van der Waals surface area contributed by atoms with Gasteiger partial charge >= 0.3 is 0 Å². The average Bonchev–Trinajstić information content (AvgIpc) is 3.00. The van der Waals surface area contributed by atoms with Crippen LogP contribution in [0.4, 0.5) is 0 Å². The SMILES string of the molecule is CNCc1cc(S(=O)(=O)NCCc2ncon2)c[nH]1. The average molecular weight is 285 g/mol. The van der Waals surface area contributed by atoms with Crippen LogP contribution in [-0.2, 0) is 23.0 Å². The van der Waals surface area contributed by atoms with Gasteiger partial charge in [-0.15, -0.1) is 0 Å². The van der Waals surface area contributed by atoms with Crippen LogP contribution in [0.15, 0.2) is 28.1 Å². The lowest BCUT2D eigenvalue weighted by molar-refractivity contribution is 0.410. The fraction of sp³-hybridized carbons (Fsp3) is 0.400. The van der Waals surface area contributed by atoms with Crippen molar-refractivity contribution in [3.8, 4) is 0 Å². The predicted octanol–water partition coefficient (Wildman–Crippen LogP) is -0.362. The fourth-order valence-electron chi connectivity index (χ4n) is 1.55. The summed E-state index contributed by atoms with van der Waals surface area (Å²) in [5, 5.41) is 6.54. The van der Waals surface area contributed by atoms with E-state index in [0.29, 0.717) is 18.8 Å². The molecule has 0 unspecified atom stereocenters. The Morgan fingerprint density at radius 1 is 1.47 bits per heavy atom. The molecule has 2 aromatic rings. The molecule has 19 heavy (non-hydrogen) atoms. The van der Waals surface area contributed by atoms with Crippen molar-refractivity contribution in [2.24, 2.45) is 0 Å². The Morgan fingerprint density at radius 2 is 2.32 bits per heavy atom. The Morgan fingerprint density at radius 3 is 3.00 bits per heavy atom. The van der Waals surface area contributed by atoms with E-state index in [2.05, 4.69) is 29.7 Å². The molecule has 3 N–H and O–H groups in total. The van der Waals surface area contributed by atoms with Crippen molar-refractivity contribution in [1.82, 2.24) is 25.2 Å². The maximum Gasteiger partial charge on any atom is 0.242 e. The van der Waals surface area contributed by atoms with Crippen molar-refractivity contribution >= 4 is 10.0 Å². The van der Waals surface area contributed by atoms with Gasteiger partial charge in [0.05, 0.1) is 4.90 Å². The Kier molecular flexibility index (Phi) is 4.30. The van der Waals surface area contributed by atoms with Crippen molar-refractivity contribution < 1.29 is 12.9 Å². The van der Waals surface area contributed by atoms with Crippen LogP contribution in [0.1, 0.15) is 11.5 Å². The van der Waals surface area contributed by atoms with Crippen LogP contribution in [0.5, 0.6) is 0 Å². The van der Waals surface area contributed by atoms with Gasteiger partial charge in [0.15, 0.2) is 5.82 Å². The van der Waals surface area contributed by atoms with Gasteiger partial charge in [-0.1, -0.05) is 5.16 Å². The number of hydrogen-bond acceptors (Lipinski definition) is 6. The van der Waals surface area contributed by atoms with E-state index >= 15 is 0 Å². The van der Waals surface area contributed by atoms with E-state index in [-0.39, 0.29) is 11.4 Å². The summed E-state index contributed by atoms with van der Waals surface area (Å²) in [6.45, 7) is 0.798. The van der Waals surface area contributed by atoms with Crippen molar-refractivity contribution in [1.29, 1.82) is 0 Å². The molecule has 2 heterocycles. The summed E-state index contributed by atoms with van der Waals surface area (Å²) in [5.74, 6) is 0.465. The first kappa shape index (κ1) is 13.7. The van der Waals surface area contributed by atoms with Gasteiger partial charge in [0.2, 0.25) is 16.4 Å². The number of rotatable bonds is 7. The van der Waals surface area contributed by atoms with Gasteiger partial charge in [-0.2, -0.15) is 4.98 Å². The Labute approximate surface area is 110 Å². The maximum atomic E-state index is 12.0. The lowest BCUT2D eigenvalue weighted by Gasteiger charge is -2.02. The van der Waals surface area contributed by atoms with E-state index in [4.69, 9.17) is 0 Å². The van der Waals surface area contributed by atoms with E-state index in [0.717, 1.165) is 5.69 Å². The van der Waals surface area contributed by atoms with Gasteiger partial charge in [0.25, 0.3) is 0 Å². The fourth-order valence-corrected chi connectivity index (χ4v) is 2.60. The summed E-state index contributed by atoms with van der Waals surface area (Å²) >= 11 is 0. The smallest absolute Gasteiger partial charge is 0.242 e. The molecule has 9 heteroatoms. The molecular formula is C10H15N5O3S. The minimum absolute atomic E-state index is 0.214. The molecule has 0 aliphatic carbocycles. The monoisotopic (exact) mass is 285 g/mol. The molecule has 0 spiro atoms. The second-order valence-corrected chi connectivity index (χ2v) is 5.65. The van der Waals surface area contributed by atoms with Crippen molar-refractivity contribution in [3.63, 3.8) is 0 Å². The zero-order chi connectivity index (χ0) is 13.7. The third-order valence-electron chi connectivity index (χ3n) is 2.44. The molecule has 0 aliphatic rings. The van der Waals surface area contributed by atoms with Crippen molar-refractivity contribution in [2.45, 2.75) is 17.9 Å². The highest BCUT2D eigenvalue weighted by Gasteiger charge is 2.15. The van der Waals surface area contributed by atoms with Crippen LogP contribution in [0.2, 0.25) is 0 Å². The minimum atomic E-state index is -3.51. The molecule has 0 saturated heterocycles. The molecular weight excluding hydrogens is 270 g/mol. The number of aromatic amines is 1. The Bertz CT molecular complexity index is 605. The molecule has 0 radical (unpaired) electrons. The molecule has 0 aliphatic heterocycles. The number of H-pyrrole nitrogens is 1. The molecule has 104 valence electrons. The number of nitrogens with zero attached hydrogens (tertiary/aromatic N) is 2. The molecule has 0 amide bonds. The zero-order valence-electron chi connectivity index (χ0n) is 10.4. The third kappa shape index (κ3) is 3.63. The van der Waals surface area contributed by atoms with E-state index in [1.54, 1.807) is 13.1 Å². The lowest BCUT2D eigenvalue weighted by Crippen LogP contribution is -2.25. The van der Waals surface area contributed by atoms with Gasteiger partial charge < -0.3 is 14.8 Å². The number of hydrogen-bond donors (Lipinski definition) is 3. The summed E-state index contributed by atoms with van der Waals surface area (Å²) in [6, 6.07) is 1.59. The van der Waals surface area contributed by atoms with Crippen LogP contribution in [0, 0.1) is 0 Å². The third-order valence-corrected chi connectivity index (χ3v) is 3.88. The number of aromatic nitrogens is 3. The van der Waals surface area contributed by atoms with E-state index in [1.807, 2.05) is 0 Å². The summed E-state index contributed by atoms with van der Waals surface area (Å²) in [4.78, 5) is 6.92. The molecule has 0 aromatic carbocycles. The molecule has 2 aromatic heterocycles. The van der Waals surface area contributed by atoms with E-state index < -0.39 is 10.0 Å². The molecule has 8 nitrogen and oxygen atoms in total. The molecule has 0 saturated carbocycles. The zero-order valence-corrected chi connectivity index (χ0v) is 11.2. The topological polar surface area (TPSA) is 113 Å². The van der Waals surface area contributed by atoms with Crippen molar-refractivity contribution in [2.75, 3.05) is 13.6 Å². The second kappa shape index (κ2) is 5.95. The largest absolute Gasteiger partial charge is 0.363 e. The van der Waals surface area contributed by atoms with Crippen LogP contribution in [0.25, 0.3) is 0 Å². The summed E-state index contributed by atoms with van der Waals surface area (Å²) in [6.07, 6.45) is 3.05. The van der Waals surface area contributed by atoms with Gasteiger partial charge in [0.1, 0.15) is 0 Å². The Hall–Kier alpha value is -1.71.